The summed E-state index contributed by atoms with van der Waals surface area (Å²) in [5.74, 6) is 1.72. The number of hydrogen-bond acceptors (Lipinski definition) is 5. The molecule has 0 saturated carbocycles. The minimum absolute atomic E-state index is 0.137. The van der Waals surface area contributed by atoms with Crippen LogP contribution in [0, 0.1) is 16.7 Å². The van der Waals surface area contributed by atoms with Crippen molar-refractivity contribution in [1.82, 2.24) is 4.98 Å². The highest BCUT2D eigenvalue weighted by Gasteiger charge is 2.35. The number of ether oxygens (including phenoxy) is 1. The van der Waals surface area contributed by atoms with E-state index in [1.807, 2.05) is 36.4 Å². The van der Waals surface area contributed by atoms with Gasteiger partial charge in [-0.05, 0) is 43.5 Å². The van der Waals surface area contributed by atoms with Gasteiger partial charge in [-0.1, -0.05) is 18.2 Å². The third kappa shape index (κ3) is 4.28. The van der Waals surface area contributed by atoms with Crippen molar-refractivity contribution >= 4 is 5.82 Å². The molecule has 5 heteroatoms. The van der Waals surface area contributed by atoms with Crippen LogP contribution in [0.4, 0.5) is 5.82 Å². The number of hydrogen-bond donors (Lipinski definition) is 1. The highest BCUT2D eigenvalue weighted by Crippen LogP contribution is 2.35. The van der Waals surface area contributed by atoms with Gasteiger partial charge in [0.05, 0.1) is 18.8 Å². The molecule has 1 fully saturated rings. The highest BCUT2D eigenvalue weighted by molar-refractivity contribution is 5.42. The van der Waals surface area contributed by atoms with Gasteiger partial charge in [0.25, 0.3) is 0 Å². The molecule has 0 amide bonds. The zero-order valence-corrected chi connectivity index (χ0v) is 14.3. The Hall–Kier alpha value is -2.58. The van der Waals surface area contributed by atoms with E-state index in [0.717, 1.165) is 43.9 Å². The molecule has 0 spiro atoms. The summed E-state index contributed by atoms with van der Waals surface area (Å²) in [7, 11) is 0. The number of para-hydroxylation sites is 1. The number of aliphatic hydroxyl groups excluding tert-OH is 1. The van der Waals surface area contributed by atoms with Gasteiger partial charge in [-0.3, -0.25) is 0 Å². The Balaban J connectivity index is 1.62. The number of pyridine rings is 1. The first-order valence-corrected chi connectivity index (χ1v) is 8.64. The standard InChI is InChI=1S/C20H23N3O2/c21-13-17-7-8-19(22-14-17)23-11-4-9-20(15-23,16-24)10-12-25-18-5-2-1-3-6-18/h1-3,5-8,14,24H,4,9-12,15-16H2/t20-/m1/s1. The maximum Gasteiger partial charge on any atom is 0.128 e. The topological polar surface area (TPSA) is 69.4 Å². The summed E-state index contributed by atoms with van der Waals surface area (Å²) in [5.41, 5.74) is 0.383. The van der Waals surface area contributed by atoms with Crippen molar-refractivity contribution in [3.05, 3.63) is 54.2 Å². The van der Waals surface area contributed by atoms with Gasteiger partial charge in [-0.2, -0.15) is 5.26 Å². The molecule has 130 valence electrons. The van der Waals surface area contributed by atoms with Gasteiger partial charge >= 0.3 is 0 Å². The van der Waals surface area contributed by atoms with E-state index in [-0.39, 0.29) is 12.0 Å². The molecule has 1 N–H and O–H groups in total. The number of aliphatic hydroxyl groups is 1. The summed E-state index contributed by atoms with van der Waals surface area (Å²) in [4.78, 5) is 6.59. The molecule has 3 rings (SSSR count). The van der Waals surface area contributed by atoms with E-state index in [1.54, 1.807) is 12.3 Å². The lowest BCUT2D eigenvalue weighted by Gasteiger charge is -2.42. The largest absolute Gasteiger partial charge is 0.494 e. The normalized spacial score (nSPS) is 20.1. The molecule has 1 aromatic carbocycles. The Morgan fingerprint density at radius 2 is 2.08 bits per heavy atom. The maximum absolute atomic E-state index is 10.0. The summed E-state index contributed by atoms with van der Waals surface area (Å²) in [5, 5.41) is 18.9. The quantitative estimate of drug-likeness (QED) is 0.877. The zero-order valence-electron chi connectivity index (χ0n) is 14.3. The molecule has 1 aromatic heterocycles. The molecule has 0 aliphatic carbocycles. The van der Waals surface area contributed by atoms with Crippen LogP contribution in [0.3, 0.4) is 0 Å². The molecule has 2 heterocycles. The second-order valence-corrected chi connectivity index (χ2v) is 6.61. The van der Waals surface area contributed by atoms with Crippen molar-refractivity contribution < 1.29 is 9.84 Å². The van der Waals surface area contributed by atoms with Crippen molar-refractivity contribution in [2.24, 2.45) is 5.41 Å². The van der Waals surface area contributed by atoms with Gasteiger partial charge in [0.1, 0.15) is 17.6 Å². The molecule has 0 unspecified atom stereocenters. The first kappa shape index (κ1) is 17.2. The lowest BCUT2D eigenvalue weighted by molar-refractivity contribution is 0.0792. The van der Waals surface area contributed by atoms with E-state index in [2.05, 4.69) is 16.0 Å². The number of aromatic nitrogens is 1. The van der Waals surface area contributed by atoms with Gasteiger partial charge in [-0.15, -0.1) is 0 Å². The van der Waals surface area contributed by atoms with Crippen molar-refractivity contribution in [2.75, 3.05) is 31.2 Å². The summed E-state index contributed by atoms with van der Waals surface area (Å²) >= 11 is 0. The van der Waals surface area contributed by atoms with Crippen LogP contribution in [0.5, 0.6) is 5.75 Å². The third-order valence-corrected chi connectivity index (χ3v) is 4.84. The van der Waals surface area contributed by atoms with Crippen LogP contribution in [0.1, 0.15) is 24.8 Å². The predicted molar refractivity (Wildman–Crippen MR) is 96.5 cm³/mol. The van der Waals surface area contributed by atoms with Crippen LogP contribution in [0.15, 0.2) is 48.7 Å². The minimum Gasteiger partial charge on any atom is -0.494 e. The van der Waals surface area contributed by atoms with Crippen molar-refractivity contribution in [3.8, 4) is 11.8 Å². The van der Waals surface area contributed by atoms with Crippen LogP contribution in [0.25, 0.3) is 0 Å². The smallest absolute Gasteiger partial charge is 0.128 e. The maximum atomic E-state index is 10.0. The van der Waals surface area contributed by atoms with Crippen LogP contribution in [-0.2, 0) is 0 Å². The molecule has 1 aliphatic heterocycles. The van der Waals surface area contributed by atoms with Crippen LogP contribution < -0.4 is 9.64 Å². The van der Waals surface area contributed by atoms with E-state index in [1.165, 1.54) is 0 Å². The Bertz CT molecular complexity index is 712. The molecule has 2 aromatic rings. The predicted octanol–water partition coefficient (Wildman–Crippen LogP) is 3.00. The summed E-state index contributed by atoms with van der Waals surface area (Å²) < 4.78 is 5.83. The molecular formula is C20H23N3O2. The SMILES string of the molecule is N#Cc1ccc(N2CCC[C@@](CO)(CCOc3ccccc3)C2)nc1. The molecule has 0 radical (unpaired) electrons. The molecule has 1 atom stereocenters. The van der Waals surface area contributed by atoms with Crippen LogP contribution in [-0.4, -0.2) is 36.4 Å². The number of nitriles is 1. The van der Waals surface area contributed by atoms with Gasteiger partial charge in [0.15, 0.2) is 0 Å². The average molecular weight is 337 g/mol. The van der Waals surface area contributed by atoms with Crippen molar-refractivity contribution in [1.29, 1.82) is 5.26 Å². The molecular weight excluding hydrogens is 314 g/mol. The number of nitrogens with zero attached hydrogens (tertiary/aromatic N) is 3. The number of benzene rings is 1. The molecule has 1 saturated heterocycles. The number of piperidine rings is 1. The Labute approximate surface area is 148 Å². The molecule has 1 aliphatic rings. The van der Waals surface area contributed by atoms with E-state index in [4.69, 9.17) is 10.00 Å². The van der Waals surface area contributed by atoms with Crippen molar-refractivity contribution in [2.45, 2.75) is 19.3 Å². The Kier molecular flexibility index (Phi) is 5.52. The fourth-order valence-electron chi connectivity index (χ4n) is 3.36. The Morgan fingerprint density at radius 1 is 1.24 bits per heavy atom. The second-order valence-electron chi connectivity index (χ2n) is 6.61. The first-order chi connectivity index (χ1) is 12.2. The highest BCUT2D eigenvalue weighted by atomic mass is 16.5. The third-order valence-electron chi connectivity index (χ3n) is 4.84. The summed E-state index contributed by atoms with van der Waals surface area (Å²) in [6.07, 6.45) is 4.39. The molecule has 5 nitrogen and oxygen atoms in total. The average Bonchev–Trinajstić information content (AvgIpc) is 2.69. The van der Waals surface area contributed by atoms with Gasteiger partial charge in [-0.25, -0.2) is 4.98 Å². The lowest BCUT2D eigenvalue weighted by Crippen LogP contribution is -2.46. The minimum atomic E-state index is -0.178. The Morgan fingerprint density at radius 3 is 2.76 bits per heavy atom. The summed E-state index contributed by atoms with van der Waals surface area (Å²) in [6, 6.07) is 15.5. The van der Waals surface area contributed by atoms with Crippen molar-refractivity contribution in [3.63, 3.8) is 0 Å². The van der Waals surface area contributed by atoms with E-state index in [9.17, 15) is 5.11 Å². The van der Waals surface area contributed by atoms with Crippen LogP contribution >= 0.6 is 0 Å². The van der Waals surface area contributed by atoms with E-state index >= 15 is 0 Å². The molecule has 25 heavy (non-hydrogen) atoms. The number of anilines is 1. The fourth-order valence-corrected chi connectivity index (χ4v) is 3.36. The van der Waals surface area contributed by atoms with E-state index < -0.39 is 0 Å². The zero-order chi connectivity index (χ0) is 17.5. The van der Waals surface area contributed by atoms with Gasteiger partial charge in [0, 0.05) is 24.7 Å². The fraction of sp³-hybridized carbons (Fsp3) is 0.400. The van der Waals surface area contributed by atoms with E-state index in [0.29, 0.717) is 12.2 Å². The second kappa shape index (κ2) is 8.00. The molecule has 0 bridgehead atoms. The first-order valence-electron chi connectivity index (χ1n) is 8.64. The summed E-state index contributed by atoms with van der Waals surface area (Å²) in [6.45, 7) is 2.39. The van der Waals surface area contributed by atoms with Gasteiger partial charge in [0.2, 0.25) is 0 Å². The number of rotatable bonds is 6. The van der Waals surface area contributed by atoms with Gasteiger partial charge < -0.3 is 14.7 Å². The van der Waals surface area contributed by atoms with Crippen LogP contribution in [0.2, 0.25) is 0 Å². The monoisotopic (exact) mass is 337 g/mol. The lowest BCUT2D eigenvalue weighted by atomic mass is 9.78.